The zero-order valence-corrected chi connectivity index (χ0v) is 9.96. The van der Waals surface area contributed by atoms with Crippen molar-refractivity contribution < 1.29 is 23.1 Å². The largest absolute Gasteiger partial charge is 0.416 e. The summed E-state index contributed by atoms with van der Waals surface area (Å²) in [5.41, 5.74) is 0. The molecule has 1 heterocycles. The number of hydrogen-bond acceptors (Lipinski definition) is 4. The number of nitrogens with zero attached hydrogens (tertiary/aromatic N) is 1. The highest BCUT2D eigenvalue weighted by Gasteiger charge is 2.38. The van der Waals surface area contributed by atoms with E-state index < -0.39 is 24.7 Å². The molecule has 1 aliphatic heterocycles. The molecule has 0 saturated carbocycles. The van der Waals surface area contributed by atoms with Crippen LogP contribution in [0.3, 0.4) is 0 Å². The quantitative estimate of drug-likeness (QED) is 0.633. The molecular formula is C10H18F3N3O2. The Morgan fingerprint density at radius 3 is 2.78 bits per heavy atom. The van der Waals surface area contributed by atoms with Gasteiger partial charge in [0.2, 0.25) is 5.91 Å². The van der Waals surface area contributed by atoms with Crippen LogP contribution in [0.2, 0.25) is 0 Å². The lowest BCUT2D eigenvalue weighted by atomic mass is 10.3. The Kier molecular flexibility index (Phi) is 5.83. The second-order valence-corrected chi connectivity index (χ2v) is 4.24. The van der Waals surface area contributed by atoms with Gasteiger partial charge in [-0.25, -0.2) is 0 Å². The summed E-state index contributed by atoms with van der Waals surface area (Å²) < 4.78 is 36.0. The van der Waals surface area contributed by atoms with Crippen LogP contribution in [0.25, 0.3) is 0 Å². The van der Waals surface area contributed by atoms with E-state index in [0.29, 0.717) is 6.54 Å². The molecule has 0 aliphatic carbocycles. The summed E-state index contributed by atoms with van der Waals surface area (Å²) in [5.74, 6) is -0.500. The van der Waals surface area contributed by atoms with E-state index >= 15 is 0 Å². The minimum Gasteiger partial charge on any atom is -0.382 e. The van der Waals surface area contributed by atoms with Gasteiger partial charge in [-0.05, 0) is 19.5 Å². The van der Waals surface area contributed by atoms with Gasteiger partial charge >= 0.3 is 6.18 Å². The van der Waals surface area contributed by atoms with Crippen LogP contribution < -0.4 is 10.6 Å². The first-order valence-electron chi connectivity index (χ1n) is 5.84. The molecule has 106 valence electrons. The number of aliphatic hydroxyl groups excluding tert-OH is 1. The number of carbonyl (C=O) groups excluding carboxylic acids is 1. The van der Waals surface area contributed by atoms with Gasteiger partial charge in [0.05, 0.1) is 13.1 Å². The third-order valence-corrected chi connectivity index (χ3v) is 2.67. The van der Waals surface area contributed by atoms with Crippen LogP contribution in [0.4, 0.5) is 13.2 Å². The van der Waals surface area contributed by atoms with Crippen LogP contribution >= 0.6 is 0 Å². The first-order valence-corrected chi connectivity index (χ1v) is 5.84. The molecule has 1 fully saturated rings. The molecule has 1 unspecified atom stereocenters. The molecule has 1 atom stereocenters. The summed E-state index contributed by atoms with van der Waals surface area (Å²) >= 11 is 0. The number of amides is 1. The van der Waals surface area contributed by atoms with Gasteiger partial charge in [-0.15, -0.1) is 0 Å². The van der Waals surface area contributed by atoms with Crippen molar-refractivity contribution in [3.8, 4) is 0 Å². The number of alkyl halides is 3. The van der Waals surface area contributed by atoms with Crippen molar-refractivity contribution in [2.24, 2.45) is 0 Å². The molecule has 0 radical (unpaired) electrons. The molecule has 1 amide bonds. The topological polar surface area (TPSA) is 64.6 Å². The highest BCUT2D eigenvalue weighted by atomic mass is 19.4. The van der Waals surface area contributed by atoms with Gasteiger partial charge < -0.3 is 15.7 Å². The third kappa shape index (κ3) is 5.65. The molecule has 0 bridgehead atoms. The summed E-state index contributed by atoms with van der Waals surface area (Å²) in [6.45, 7) is 2.33. The van der Waals surface area contributed by atoms with Crippen LogP contribution in [0.15, 0.2) is 0 Å². The van der Waals surface area contributed by atoms with Crippen molar-refractivity contribution in [1.29, 1.82) is 0 Å². The second kappa shape index (κ2) is 6.91. The van der Waals surface area contributed by atoms with E-state index in [0.717, 1.165) is 26.1 Å². The molecule has 18 heavy (non-hydrogen) atoms. The molecule has 0 aromatic heterocycles. The van der Waals surface area contributed by atoms with Crippen molar-refractivity contribution in [3.05, 3.63) is 0 Å². The maximum atomic E-state index is 12.0. The van der Waals surface area contributed by atoms with E-state index in [-0.39, 0.29) is 6.54 Å². The van der Waals surface area contributed by atoms with Gasteiger partial charge in [-0.1, -0.05) is 0 Å². The molecular weight excluding hydrogens is 251 g/mol. The lowest BCUT2D eigenvalue weighted by Gasteiger charge is -2.20. The van der Waals surface area contributed by atoms with Crippen LogP contribution in [0.1, 0.15) is 6.42 Å². The smallest absolute Gasteiger partial charge is 0.382 e. The van der Waals surface area contributed by atoms with Crippen molar-refractivity contribution in [2.75, 3.05) is 39.3 Å². The Bertz CT molecular complexity index is 266. The lowest BCUT2D eigenvalue weighted by Crippen LogP contribution is -2.44. The molecule has 1 rings (SSSR count). The Hall–Kier alpha value is -0.860. The monoisotopic (exact) mass is 269 g/mol. The molecule has 0 spiro atoms. The first kappa shape index (κ1) is 15.2. The Morgan fingerprint density at radius 2 is 2.11 bits per heavy atom. The van der Waals surface area contributed by atoms with Gasteiger partial charge in [0.1, 0.15) is 0 Å². The number of hydrogen-bond donors (Lipinski definition) is 3. The maximum Gasteiger partial charge on any atom is 0.416 e. The summed E-state index contributed by atoms with van der Waals surface area (Å²) in [6.07, 6.45) is -6.30. The Balaban J connectivity index is 2.24. The van der Waals surface area contributed by atoms with Crippen LogP contribution in [0.5, 0.6) is 0 Å². The fraction of sp³-hybridized carbons (Fsp3) is 0.900. The van der Waals surface area contributed by atoms with E-state index in [1.807, 2.05) is 4.90 Å². The van der Waals surface area contributed by atoms with Crippen LogP contribution in [-0.2, 0) is 4.79 Å². The zero-order valence-electron chi connectivity index (χ0n) is 9.96. The molecule has 0 aromatic rings. The summed E-state index contributed by atoms with van der Waals surface area (Å²) in [7, 11) is 0. The second-order valence-electron chi connectivity index (χ2n) is 4.24. The normalized spacial score (nSPS) is 20.2. The Labute approximate surface area is 103 Å². The number of aliphatic hydroxyl groups is 1. The fourth-order valence-electron chi connectivity index (χ4n) is 1.64. The minimum atomic E-state index is -4.69. The summed E-state index contributed by atoms with van der Waals surface area (Å²) in [6, 6.07) is 0. The molecule has 1 aliphatic rings. The molecule has 0 aromatic carbocycles. The van der Waals surface area contributed by atoms with Crippen molar-refractivity contribution in [3.63, 3.8) is 0 Å². The minimum absolute atomic E-state index is 0.0618. The first-order chi connectivity index (χ1) is 8.39. The molecule has 8 heteroatoms. The summed E-state index contributed by atoms with van der Waals surface area (Å²) in [5, 5.41) is 14.0. The van der Waals surface area contributed by atoms with Crippen LogP contribution in [0, 0.1) is 0 Å². The maximum absolute atomic E-state index is 12.0. The molecule has 5 nitrogen and oxygen atoms in total. The van der Waals surface area contributed by atoms with E-state index in [4.69, 9.17) is 5.11 Å². The molecule has 3 N–H and O–H groups in total. The van der Waals surface area contributed by atoms with Crippen LogP contribution in [-0.4, -0.2) is 67.5 Å². The lowest BCUT2D eigenvalue weighted by molar-refractivity contribution is -0.201. The average molecular weight is 269 g/mol. The number of halogens is 3. The van der Waals surface area contributed by atoms with Crippen molar-refractivity contribution in [1.82, 2.24) is 15.5 Å². The highest BCUT2D eigenvalue weighted by molar-refractivity contribution is 5.78. The number of rotatable bonds is 4. The van der Waals surface area contributed by atoms with E-state index in [9.17, 15) is 18.0 Å². The van der Waals surface area contributed by atoms with Gasteiger partial charge in [0.15, 0.2) is 6.10 Å². The van der Waals surface area contributed by atoms with Gasteiger partial charge in [0.25, 0.3) is 0 Å². The van der Waals surface area contributed by atoms with Crippen molar-refractivity contribution in [2.45, 2.75) is 18.7 Å². The third-order valence-electron chi connectivity index (χ3n) is 2.67. The van der Waals surface area contributed by atoms with Gasteiger partial charge in [0, 0.05) is 13.1 Å². The summed E-state index contributed by atoms with van der Waals surface area (Å²) in [4.78, 5) is 13.3. The molecule has 1 saturated heterocycles. The Morgan fingerprint density at radius 1 is 1.39 bits per heavy atom. The highest BCUT2D eigenvalue weighted by Crippen LogP contribution is 2.19. The zero-order chi connectivity index (χ0) is 13.6. The standard InChI is InChI=1S/C10H18F3N3O2/c11-10(12,13)8(17)6-15-9(18)7-16-4-1-2-14-3-5-16/h8,14,17H,1-7H2,(H,15,18). The van der Waals surface area contributed by atoms with Crippen molar-refractivity contribution >= 4 is 5.91 Å². The number of carbonyl (C=O) groups is 1. The predicted molar refractivity (Wildman–Crippen MR) is 59.0 cm³/mol. The van der Waals surface area contributed by atoms with E-state index in [1.165, 1.54) is 0 Å². The SMILES string of the molecule is O=C(CN1CCCNCC1)NCC(O)C(F)(F)F. The average Bonchev–Trinajstić information content (AvgIpc) is 2.53. The number of nitrogens with one attached hydrogen (secondary N) is 2. The van der Waals surface area contributed by atoms with E-state index in [2.05, 4.69) is 10.6 Å². The predicted octanol–water partition coefficient (Wildman–Crippen LogP) is -0.679. The van der Waals surface area contributed by atoms with Gasteiger partial charge in [-0.3, -0.25) is 9.69 Å². The van der Waals surface area contributed by atoms with E-state index in [1.54, 1.807) is 0 Å². The fourth-order valence-corrected chi connectivity index (χ4v) is 1.64. The van der Waals surface area contributed by atoms with Gasteiger partial charge in [-0.2, -0.15) is 13.2 Å².